The summed E-state index contributed by atoms with van der Waals surface area (Å²) in [5.41, 5.74) is 3.83. The highest BCUT2D eigenvalue weighted by molar-refractivity contribution is 5.88. The van der Waals surface area contributed by atoms with E-state index in [0.717, 1.165) is 48.6 Å². The first-order valence-corrected chi connectivity index (χ1v) is 8.93. The van der Waals surface area contributed by atoms with E-state index in [1.165, 1.54) is 5.56 Å². The van der Waals surface area contributed by atoms with Gasteiger partial charge in [0, 0.05) is 24.8 Å². The molecule has 1 aromatic carbocycles. The van der Waals surface area contributed by atoms with E-state index in [1.807, 2.05) is 24.9 Å². The van der Waals surface area contributed by atoms with E-state index < -0.39 is 5.54 Å². The normalized spacial score (nSPS) is 26.0. The third-order valence-electron chi connectivity index (χ3n) is 5.47. The summed E-state index contributed by atoms with van der Waals surface area (Å²) in [6.45, 7) is 4.90. The first-order valence-electron chi connectivity index (χ1n) is 8.93. The van der Waals surface area contributed by atoms with Gasteiger partial charge in [0.2, 0.25) is 5.91 Å². The van der Waals surface area contributed by atoms with Crippen LogP contribution in [0.3, 0.4) is 0 Å². The van der Waals surface area contributed by atoms with Crippen LogP contribution in [-0.2, 0) is 4.79 Å². The van der Waals surface area contributed by atoms with Crippen LogP contribution in [0.2, 0.25) is 0 Å². The number of amides is 1. The van der Waals surface area contributed by atoms with Crippen molar-refractivity contribution in [3.8, 4) is 11.3 Å². The number of likely N-dealkylation sites (N-methyl/N-ethyl adjacent to an activating group) is 1. The molecule has 2 aliphatic heterocycles. The highest BCUT2D eigenvalue weighted by Crippen LogP contribution is 2.38. The molecule has 0 bridgehead atoms. The maximum atomic E-state index is 12.5. The molecule has 5 nitrogen and oxygen atoms in total. The Morgan fingerprint density at radius 2 is 1.92 bits per heavy atom. The van der Waals surface area contributed by atoms with Crippen molar-refractivity contribution in [2.75, 3.05) is 13.6 Å². The molecule has 2 atom stereocenters. The molecule has 4 rings (SSSR count). The van der Waals surface area contributed by atoms with Gasteiger partial charge in [0.15, 0.2) is 0 Å². The number of rotatable bonds is 2. The highest BCUT2D eigenvalue weighted by Gasteiger charge is 2.50. The number of likely N-dealkylation sites (tertiary alicyclic amines) is 1. The fourth-order valence-corrected chi connectivity index (χ4v) is 3.98. The first-order chi connectivity index (χ1) is 12.0. The van der Waals surface area contributed by atoms with E-state index >= 15 is 0 Å². The summed E-state index contributed by atoms with van der Waals surface area (Å²) in [7, 11) is 1.88. The molecule has 1 N–H and O–H groups in total. The molecular formula is C20H24N4O. The van der Waals surface area contributed by atoms with E-state index in [1.54, 1.807) is 0 Å². The lowest BCUT2D eigenvalue weighted by Gasteiger charge is -2.23. The maximum Gasteiger partial charge on any atom is 0.242 e. The van der Waals surface area contributed by atoms with Gasteiger partial charge >= 0.3 is 0 Å². The van der Waals surface area contributed by atoms with Crippen LogP contribution in [0.5, 0.6) is 0 Å². The van der Waals surface area contributed by atoms with Crippen LogP contribution in [0.1, 0.15) is 42.4 Å². The van der Waals surface area contributed by atoms with Gasteiger partial charge in [-0.05, 0) is 39.2 Å². The lowest BCUT2D eigenvalue weighted by Crippen LogP contribution is -2.47. The molecule has 2 aliphatic rings. The average molecular weight is 336 g/mol. The SMILES string of the molecule is Cc1ccc(-c2cc(C)nc(C3CCC4(CCN(C)C4=O)N3)n2)cc1. The topological polar surface area (TPSA) is 58.1 Å². The van der Waals surface area contributed by atoms with Gasteiger partial charge in [0.25, 0.3) is 0 Å². The fourth-order valence-electron chi connectivity index (χ4n) is 3.98. The number of nitrogens with zero attached hydrogens (tertiary/aromatic N) is 3. The van der Waals surface area contributed by atoms with Gasteiger partial charge in [-0.3, -0.25) is 10.1 Å². The number of hydrogen-bond acceptors (Lipinski definition) is 4. The first kappa shape index (κ1) is 16.2. The van der Waals surface area contributed by atoms with Gasteiger partial charge < -0.3 is 4.90 Å². The molecule has 3 heterocycles. The summed E-state index contributed by atoms with van der Waals surface area (Å²) in [5, 5.41) is 3.56. The smallest absolute Gasteiger partial charge is 0.242 e. The van der Waals surface area contributed by atoms with Crippen molar-refractivity contribution in [3.05, 3.63) is 47.4 Å². The lowest BCUT2D eigenvalue weighted by molar-refractivity contribution is -0.131. The van der Waals surface area contributed by atoms with Gasteiger partial charge in [-0.25, -0.2) is 9.97 Å². The second-order valence-electron chi connectivity index (χ2n) is 7.41. The van der Waals surface area contributed by atoms with Gasteiger partial charge in [0.05, 0.1) is 11.7 Å². The molecular weight excluding hydrogens is 312 g/mol. The van der Waals surface area contributed by atoms with Crippen molar-refractivity contribution in [2.45, 2.75) is 44.7 Å². The largest absolute Gasteiger partial charge is 0.344 e. The minimum absolute atomic E-state index is 0.0412. The summed E-state index contributed by atoms with van der Waals surface area (Å²) < 4.78 is 0. The standard InChI is InChI=1S/C20H24N4O/c1-13-4-6-15(7-5-13)17-12-14(2)21-18(22-17)16-8-9-20(23-16)10-11-24(3)19(20)25/h4-7,12,16,23H,8-11H2,1-3H3. The van der Waals surface area contributed by atoms with E-state index in [-0.39, 0.29) is 11.9 Å². The summed E-state index contributed by atoms with van der Waals surface area (Å²) in [6, 6.07) is 10.5. The van der Waals surface area contributed by atoms with Crippen molar-refractivity contribution in [1.82, 2.24) is 20.2 Å². The van der Waals surface area contributed by atoms with Gasteiger partial charge in [-0.2, -0.15) is 0 Å². The predicted molar refractivity (Wildman–Crippen MR) is 97.0 cm³/mol. The molecule has 5 heteroatoms. The van der Waals surface area contributed by atoms with Crippen molar-refractivity contribution < 1.29 is 4.79 Å². The van der Waals surface area contributed by atoms with Crippen molar-refractivity contribution in [2.24, 2.45) is 0 Å². The minimum Gasteiger partial charge on any atom is -0.344 e. The second-order valence-corrected chi connectivity index (χ2v) is 7.41. The molecule has 1 amide bonds. The third kappa shape index (κ3) is 2.82. The molecule has 2 aromatic rings. The molecule has 1 spiro atoms. The zero-order valence-corrected chi connectivity index (χ0v) is 15.0. The Balaban J connectivity index is 1.63. The zero-order chi connectivity index (χ0) is 17.6. The molecule has 2 saturated heterocycles. The Kier molecular flexibility index (Phi) is 3.84. The molecule has 1 aromatic heterocycles. The van der Waals surface area contributed by atoms with Gasteiger partial charge in [0.1, 0.15) is 11.4 Å². The predicted octanol–water partition coefficient (Wildman–Crippen LogP) is 2.79. The van der Waals surface area contributed by atoms with Crippen molar-refractivity contribution >= 4 is 5.91 Å². The molecule has 2 unspecified atom stereocenters. The van der Waals surface area contributed by atoms with E-state index in [0.29, 0.717) is 0 Å². The quantitative estimate of drug-likeness (QED) is 0.916. The molecule has 0 aliphatic carbocycles. The van der Waals surface area contributed by atoms with Gasteiger partial charge in [-0.1, -0.05) is 29.8 Å². The van der Waals surface area contributed by atoms with E-state index in [2.05, 4.69) is 41.5 Å². The molecule has 25 heavy (non-hydrogen) atoms. The number of aryl methyl sites for hydroxylation is 2. The number of aromatic nitrogens is 2. The zero-order valence-electron chi connectivity index (χ0n) is 15.0. The van der Waals surface area contributed by atoms with Crippen LogP contribution in [0.4, 0.5) is 0 Å². The number of nitrogens with one attached hydrogen (secondary N) is 1. The summed E-state index contributed by atoms with van der Waals surface area (Å²) >= 11 is 0. The Labute approximate surface area is 148 Å². The van der Waals surface area contributed by atoms with Crippen LogP contribution < -0.4 is 5.32 Å². The molecule has 2 fully saturated rings. The number of benzene rings is 1. The summed E-state index contributed by atoms with van der Waals surface area (Å²) in [6.07, 6.45) is 2.63. The highest BCUT2D eigenvalue weighted by atomic mass is 16.2. The summed E-state index contributed by atoms with van der Waals surface area (Å²) in [5.74, 6) is 1.01. The average Bonchev–Trinajstić information content (AvgIpc) is 3.15. The second kappa shape index (κ2) is 5.92. The lowest BCUT2D eigenvalue weighted by atomic mass is 9.96. The van der Waals surface area contributed by atoms with Crippen molar-refractivity contribution in [3.63, 3.8) is 0 Å². The number of carbonyl (C=O) groups is 1. The van der Waals surface area contributed by atoms with Crippen LogP contribution in [-0.4, -0.2) is 39.9 Å². The van der Waals surface area contributed by atoms with E-state index in [4.69, 9.17) is 4.98 Å². The Morgan fingerprint density at radius 3 is 2.60 bits per heavy atom. The van der Waals surface area contributed by atoms with Crippen LogP contribution >= 0.6 is 0 Å². The third-order valence-corrected chi connectivity index (χ3v) is 5.47. The van der Waals surface area contributed by atoms with E-state index in [9.17, 15) is 4.79 Å². The van der Waals surface area contributed by atoms with Crippen LogP contribution in [0, 0.1) is 13.8 Å². The Bertz CT molecular complexity index is 817. The molecule has 0 radical (unpaired) electrons. The fraction of sp³-hybridized carbons (Fsp3) is 0.450. The number of carbonyl (C=O) groups excluding carboxylic acids is 1. The Morgan fingerprint density at radius 1 is 1.16 bits per heavy atom. The van der Waals surface area contributed by atoms with Crippen LogP contribution in [0.15, 0.2) is 30.3 Å². The van der Waals surface area contributed by atoms with Crippen LogP contribution in [0.25, 0.3) is 11.3 Å². The van der Waals surface area contributed by atoms with Gasteiger partial charge in [-0.15, -0.1) is 0 Å². The molecule has 130 valence electrons. The van der Waals surface area contributed by atoms with Crippen molar-refractivity contribution in [1.29, 1.82) is 0 Å². The Hall–Kier alpha value is -2.27. The monoisotopic (exact) mass is 336 g/mol. The minimum atomic E-state index is -0.406. The molecule has 0 saturated carbocycles. The summed E-state index contributed by atoms with van der Waals surface area (Å²) in [4.78, 5) is 23.8. The maximum absolute atomic E-state index is 12.5. The number of hydrogen-bond donors (Lipinski definition) is 1.